The number of carbonyl (C=O) groups excluding carboxylic acids is 2. The van der Waals surface area contributed by atoms with Crippen molar-refractivity contribution in [1.82, 2.24) is 0 Å². The van der Waals surface area contributed by atoms with Crippen LogP contribution >= 0.6 is 0 Å². The van der Waals surface area contributed by atoms with Crippen molar-refractivity contribution in [2.45, 2.75) is 0 Å². The van der Waals surface area contributed by atoms with Crippen LogP contribution in [0.4, 0.5) is 9.59 Å². The molecule has 0 bridgehead atoms. The van der Waals surface area contributed by atoms with Gasteiger partial charge in [0.15, 0.2) is 0 Å². The molecule has 6 nitrogen and oxygen atoms in total. The summed E-state index contributed by atoms with van der Waals surface area (Å²) in [6.45, 7) is 0. The summed E-state index contributed by atoms with van der Waals surface area (Å²) in [6, 6.07) is 0. The van der Waals surface area contributed by atoms with Crippen LogP contribution < -0.4 is 21.7 Å². The fraction of sp³-hybridized carbons (Fsp3) is 0. The summed E-state index contributed by atoms with van der Waals surface area (Å²) in [5.41, 5.74) is 7.83. The molecular formula is C2H4N2O4Pb. The van der Waals surface area contributed by atoms with Crippen LogP contribution in [0.5, 0.6) is 0 Å². The van der Waals surface area contributed by atoms with E-state index in [9.17, 15) is 0 Å². The molecule has 7 heteroatoms. The number of hydrogen-bond acceptors (Lipinski definition) is 4. The maximum Gasteiger partial charge on any atom is 2.00 e. The zero-order valence-electron chi connectivity index (χ0n) is 4.29. The topological polar surface area (TPSA) is 132 Å². The predicted octanol–water partition coefficient (Wildman–Crippen LogP) is -3.80. The number of rotatable bonds is 0. The number of carboxylic acid groups (broad SMARTS) is 2. The van der Waals surface area contributed by atoms with Crippen LogP contribution in [0.3, 0.4) is 0 Å². The van der Waals surface area contributed by atoms with Gasteiger partial charge in [0.05, 0.1) is 0 Å². The van der Waals surface area contributed by atoms with E-state index in [0.29, 0.717) is 0 Å². The van der Waals surface area contributed by atoms with Crippen LogP contribution in [0.2, 0.25) is 0 Å². The summed E-state index contributed by atoms with van der Waals surface area (Å²) >= 11 is 0. The van der Waals surface area contributed by atoms with Crippen molar-refractivity contribution in [3.8, 4) is 0 Å². The molecule has 0 aromatic rings. The van der Waals surface area contributed by atoms with Crippen molar-refractivity contribution in [3.05, 3.63) is 0 Å². The second kappa shape index (κ2) is 10.4. The monoisotopic (exact) mass is 328 g/mol. The fourth-order valence-corrected chi connectivity index (χ4v) is 0. The molecule has 0 aliphatic heterocycles. The van der Waals surface area contributed by atoms with E-state index in [1.807, 2.05) is 0 Å². The Morgan fingerprint density at radius 2 is 1.00 bits per heavy atom. The first-order valence-electron chi connectivity index (χ1n) is 1.39. The molecule has 0 aliphatic rings. The van der Waals surface area contributed by atoms with E-state index in [1.165, 1.54) is 0 Å². The quantitative estimate of drug-likeness (QED) is 0.441. The molecule has 0 spiro atoms. The zero-order chi connectivity index (χ0) is 7.15. The van der Waals surface area contributed by atoms with Gasteiger partial charge in [-0.15, -0.1) is 0 Å². The third-order valence-corrected chi connectivity index (χ3v) is 0. The van der Waals surface area contributed by atoms with Crippen molar-refractivity contribution < 1.29 is 19.8 Å². The molecule has 0 saturated carbocycles. The predicted molar refractivity (Wildman–Crippen MR) is 24.9 cm³/mol. The number of nitrogens with two attached hydrogens (primary N) is 2. The van der Waals surface area contributed by atoms with E-state index in [0.717, 1.165) is 0 Å². The van der Waals surface area contributed by atoms with Crippen LogP contribution in [-0.2, 0) is 0 Å². The third-order valence-electron chi connectivity index (χ3n) is 0. The Balaban J connectivity index is -0.0000000720. The van der Waals surface area contributed by atoms with Gasteiger partial charge in [0.2, 0.25) is 0 Å². The molecule has 0 fully saturated rings. The van der Waals surface area contributed by atoms with E-state index in [2.05, 4.69) is 11.5 Å². The molecule has 50 valence electrons. The van der Waals surface area contributed by atoms with Crippen LogP contribution in [-0.4, -0.2) is 39.5 Å². The van der Waals surface area contributed by atoms with Gasteiger partial charge in [-0.3, -0.25) is 0 Å². The van der Waals surface area contributed by atoms with Crippen molar-refractivity contribution in [2.24, 2.45) is 11.5 Å². The first-order chi connectivity index (χ1) is 3.46. The summed E-state index contributed by atoms with van der Waals surface area (Å²) in [5.74, 6) is 0. The Hall–Kier alpha value is -0.538. The minimum absolute atomic E-state index is 0. The van der Waals surface area contributed by atoms with Gasteiger partial charge in [-0.25, -0.2) is 0 Å². The molecule has 0 atom stereocenters. The van der Waals surface area contributed by atoms with Crippen LogP contribution in [0.15, 0.2) is 0 Å². The first-order valence-corrected chi connectivity index (χ1v) is 1.39. The van der Waals surface area contributed by atoms with Gasteiger partial charge in [0, 0.05) is 0 Å². The van der Waals surface area contributed by atoms with Gasteiger partial charge < -0.3 is 31.3 Å². The zero-order valence-corrected chi connectivity index (χ0v) is 8.18. The second-order valence-electron chi connectivity index (χ2n) is 0.638. The molecular weight excluding hydrogens is 323 g/mol. The minimum Gasteiger partial charge on any atom is -0.530 e. The van der Waals surface area contributed by atoms with Crippen molar-refractivity contribution in [3.63, 3.8) is 0 Å². The molecule has 0 aromatic carbocycles. The van der Waals surface area contributed by atoms with Gasteiger partial charge in [-0.1, -0.05) is 0 Å². The van der Waals surface area contributed by atoms with Crippen LogP contribution in [0.1, 0.15) is 0 Å². The smallest absolute Gasteiger partial charge is 0.530 e. The molecule has 0 aliphatic carbocycles. The third kappa shape index (κ3) is 769. The number of primary amides is 2. The van der Waals surface area contributed by atoms with Gasteiger partial charge in [-0.05, 0) is 0 Å². The Morgan fingerprint density at radius 3 is 1.00 bits per heavy atom. The average Bonchev–Trinajstić information content (AvgIpc) is 1.25. The van der Waals surface area contributed by atoms with E-state index in [4.69, 9.17) is 19.8 Å². The van der Waals surface area contributed by atoms with Gasteiger partial charge in [0.25, 0.3) is 0 Å². The normalized spacial score (nSPS) is 5.33. The number of hydrogen-bond donors (Lipinski definition) is 2. The van der Waals surface area contributed by atoms with Crippen molar-refractivity contribution in [1.29, 1.82) is 0 Å². The summed E-state index contributed by atoms with van der Waals surface area (Å²) < 4.78 is 0. The van der Waals surface area contributed by atoms with Crippen molar-refractivity contribution >= 4 is 39.5 Å². The molecule has 9 heavy (non-hydrogen) atoms. The Kier molecular flexibility index (Phi) is 18.3. The van der Waals surface area contributed by atoms with Gasteiger partial charge in [0.1, 0.15) is 12.2 Å². The summed E-state index contributed by atoms with van der Waals surface area (Å²) in [5, 5.41) is 17.3. The summed E-state index contributed by atoms with van der Waals surface area (Å²) in [6.07, 6.45) is -3.17. The minimum atomic E-state index is -1.58. The molecule has 4 N–H and O–H groups in total. The Bertz CT molecular complexity index is 74.6. The standard InChI is InChI=1S/2CH3NO2.Pb/c2*2-1(3)4;/h2*2H2,(H,3,4);/q;;+2/p-2. The summed E-state index contributed by atoms with van der Waals surface area (Å²) in [4.78, 5) is 17.3. The second-order valence-corrected chi connectivity index (χ2v) is 0.638. The van der Waals surface area contributed by atoms with Crippen LogP contribution in [0.25, 0.3) is 0 Å². The summed E-state index contributed by atoms with van der Waals surface area (Å²) in [7, 11) is 0. The molecule has 0 aromatic heterocycles. The largest absolute Gasteiger partial charge is 2.00 e. The van der Waals surface area contributed by atoms with E-state index in [-0.39, 0.29) is 27.3 Å². The molecule has 0 unspecified atom stereocenters. The Morgan fingerprint density at radius 1 is 1.00 bits per heavy atom. The maximum atomic E-state index is 8.67. The maximum absolute atomic E-state index is 8.67. The molecule has 0 saturated heterocycles. The average molecular weight is 327 g/mol. The molecule has 2 amide bonds. The van der Waals surface area contributed by atoms with Crippen LogP contribution in [0, 0.1) is 0 Å². The molecule has 0 rings (SSSR count). The van der Waals surface area contributed by atoms with E-state index >= 15 is 0 Å². The van der Waals surface area contributed by atoms with Gasteiger partial charge in [-0.2, -0.15) is 0 Å². The van der Waals surface area contributed by atoms with E-state index in [1.54, 1.807) is 0 Å². The fourth-order valence-electron chi connectivity index (χ4n) is 0. The van der Waals surface area contributed by atoms with Gasteiger partial charge >= 0.3 is 27.3 Å². The number of carbonyl (C=O) groups is 2. The molecule has 0 heterocycles. The Labute approximate surface area is 71.0 Å². The SMILES string of the molecule is NC(=O)[O-].NC(=O)[O-].[Pb+2]. The first kappa shape index (κ1) is 15.8. The molecule has 2 radical (unpaired) electrons. The van der Waals surface area contributed by atoms with Crippen molar-refractivity contribution in [2.75, 3.05) is 0 Å². The van der Waals surface area contributed by atoms with E-state index < -0.39 is 12.2 Å². The number of amides is 2.